The zero-order valence-electron chi connectivity index (χ0n) is 12.9. The molecule has 6 heteroatoms. The lowest BCUT2D eigenvalue weighted by Gasteiger charge is -2.27. The van der Waals surface area contributed by atoms with Crippen LogP contribution in [-0.4, -0.2) is 39.2 Å². The Bertz CT molecular complexity index is 587. The van der Waals surface area contributed by atoms with Crippen LogP contribution in [0.2, 0.25) is 0 Å². The van der Waals surface area contributed by atoms with Gasteiger partial charge in [0.15, 0.2) is 9.84 Å². The summed E-state index contributed by atoms with van der Waals surface area (Å²) in [6.07, 6.45) is 2.12. The molecule has 1 heterocycles. The molecule has 1 aliphatic rings. The number of amides is 1. The number of hydrogen-bond acceptors (Lipinski definition) is 4. The fourth-order valence-electron chi connectivity index (χ4n) is 2.73. The molecule has 1 amide bonds. The summed E-state index contributed by atoms with van der Waals surface area (Å²) >= 11 is 0. The van der Waals surface area contributed by atoms with Crippen molar-refractivity contribution in [2.75, 3.05) is 18.8 Å². The molecule has 2 atom stereocenters. The van der Waals surface area contributed by atoms with Gasteiger partial charge >= 0.3 is 0 Å². The van der Waals surface area contributed by atoms with Gasteiger partial charge in [-0.25, -0.2) is 8.42 Å². The van der Waals surface area contributed by atoms with Gasteiger partial charge in [0.25, 0.3) is 0 Å². The number of nitrogens with one attached hydrogen (secondary N) is 2. The third-order valence-electron chi connectivity index (χ3n) is 3.99. The number of piperidine rings is 1. The summed E-state index contributed by atoms with van der Waals surface area (Å²) < 4.78 is 24.2. The summed E-state index contributed by atoms with van der Waals surface area (Å²) in [5.74, 6) is 0.146. The maximum Gasteiger partial charge on any atom is 0.223 e. The topological polar surface area (TPSA) is 75.3 Å². The molecule has 122 valence electrons. The highest BCUT2D eigenvalue weighted by molar-refractivity contribution is 7.91. The van der Waals surface area contributed by atoms with Crippen molar-refractivity contribution < 1.29 is 13.2 Å². The normalized spacial score (nSPS) is 22.2. The SMILES string of the molecule is C[C@H]1C[C@@H](C(=O)NCCCS(=O)(=O)c2ccccc2)CCN1. The minimum Gasteiger partial charge on any atom is -0.356 e. The molecule has 1 aromatic rings. The van der Waals surface area contributed by atoms with E-state index in [0.717, 1.165) is 19.4 Å². The lowest BCUT2D eigenvalue weighted by molar-refractivity contribution is -0.126. The molecule has 1 saturated heterocycles. The van der Waals surface area contributed by atoms with E-state index >= 15 is 0 Å². The van der Waals surface area contributed by atoms with E-state index < -0.39 is 9.84 Å². The van der Waals surface area contributed by atoms with Crippen LogP contribution in [0.15, 0.2) is 35.2 Å². The first-order chi connectivity index (χ1) is 10.5. The highest BCUT2D eigenvalue weighted by atomic mass is 32.2. The number of carbonyl (C=O) groups excluding carboxylic acids is 1. The van der Waals surface area contributed by atoms with Gasteiger partial charge in [-0.05, 0) is 44.9 Å². The third kappa shape index (κ3) is 4.81. The molecule has 2 rings (SSSR count). The molecule has 0 radical (unpaired) electrons. The van der Waals surface area contributed by atoms with Crippen molar-refractivity contribution in [3.8, 4) is 0 Å². The van der Waals surface area contributed by atoms with Crippen LogP contribution in [0, 0.1) is 5.92 Å². The first-order valence-corrected chi connectivity index (χ1v) is 9.43. The Labute approximate surface area is 132 Å². The summed E-state index contributed by atoms with van der Waals surface area (Å²) in [6, 6.07) is 8.79. The van der Waals surface area contributed by atoms with E-state index in [1.54, 1.807) is 30.3 Å². The number of hydrogen-bond donors (Lipinski definition) is 2. The fraction of sp³-hybridized carbons (Fsp3) is 0.562. The predicted molar refractivity (Wildman–Crippen MR) is 86.3 cm³/mol. The average molecular weight is 324 g/mol. The van der Waals surface area contributed by atoms with Crippen molar-refractivity contribution in [1.29, 1.82) is 0 Å². The zero-order chi connectivity index (χ0) is 16.0. The van der Waals surface area contributed by atoms with Gasteiger partial charge in [0, 0.05) is 18.5 Å². The Morgan fingerprint density at radius 1 is 1.32 bits per heavy atom. The second-order valence-corrected chi connectivity index (χ2v) is 7.96. The van der Waals surface area contributed by atoms with E-state index in [-0.39, 0.29) is 17.6 Å². The first-order valence-electron chi connectivity index (χ1n) is 7.78. The van der Waals surface area contributed by atoms with Crippen molar-refractivity contribution in [3.05, 3.63) is 30.3 Å². The fourth-order valence-corrected chi connectivity index (χ4v) is 4.07. The van der Waals surface area contributed by atoms with Crippen molar-refractivity contribution in [1.82, 2.24) is 10.6 Å². The molecule has 1 aromatic carbocycles. The largest absolute Gasteiger partial charge is 0.356 e. The van der Waals surface area contributed by atoms with Crippen LogP contribution < -0.4 is 10.6 Å². The molecule has 1 fully saturated rings. The minimum absolute atomic E-state index is 0.0435. The van der Waals surface area contributed by atoms with Crippen LogP contribution in [-0.2, 0) is 14.6 Å². The van der Waals surface area contributed by atoms with Gasteiger partial charge in [-0.1, -0.05) is 18.2 Å². The molecule has 5 nitrogen and oxygen atoms in total. The highest BCUT2D eigenvalue weighted by Crippen LogP contribution is 2.16. The van der Waals surface area contributed by atoms with Gasteiger partial charge < -0.3 is 10.6 Å². The van der Waals surface area contributed by atoms with E-state index in [2.05, 4.69) is 17.6 Å². The molecule has 0 aliphatic carbocycles. The van der Waals surface area contributed by atoms with E-state index in [9.17, 15) is 13.2 Å². The van der Waals surface area contributed by atoms with Crippen LogP contribution in [0.4, 0.5) is 0 Å². The number of benzene rings is 1. The van der Waals surface area contributed by atoms with Crippen molar-refractivity contribution in [3.63, 3.8) is 0 Å². The number of sulfone groups is 1. The van der Waals surface area contributed by atoms with Crippen LogP contribution in [0.1, 0.15) is 26.2 Å². The van der Waals surface area contributed by atoms with Crippen molar-refractivity contribution in [2.24, 2.45) is 5.92 Å². The van der Waals surface area contributed by atoms with E-state index in [0.29, 0.717) is 23.9 Å². The molecular weight excluding hydrogens is 300 g/mol. The third-order valence-corrected chi connectivity index (χ3v) is 5.80. The number of carbonyl (C=O) groups is 1. The Hall–Kier alpha value is -1.40. The van der Waals surface area contributed by atoms with Gasteiger partial charge in [-0.3, -0.25) is 4.79 Å². The molecule has 22 heavy (non-hydrogen) atoms. The van der Waals surface area contributed by atoms with E-state index in [4.69, 9.17) is 0 Å². The van der Waals surface area contributed by atoms with Gasteiger partial charge in [-0.15, -0.1) is 0 Å². The predicted octanol–water partition coefficient (Wildman–Crippen LogP) is 1.35. The number of rotatable bonds is 6. The summed E-state index contributed by atoms with van der Waals surface area (Å²) in [7, 11) is -3.25. The second kappa shape index (κ2) is 7.74. The smallest absolute Gasteiger partial charge is 0.223 e. The Morgan fingerprint density at radius 2 is 2.05 bits per heavy atom. The Balaban J connectivity index is 1.74. The Kier molecular flexibility index (Phi) is 5.97. The Morgan fingerprint density at radius 3 is 2.73 bits per heavy atom. The second-order valence-electron chi connectivity index (χ2n) is 5.85. The lowest BCUT2D eigenvalue weighted by Crippen LogP contribution is -2.42. The van der Waals surface area contributed by atoms with Gasteiger partial charge in [-0.2, -0.15) is 0 Å². The lowest BCUT2D eigenvalue weighted by atomic mass is 9.92. The van der Waals surface area contributed by atoms with E-state index in [1.807, 2.05) is 0 Å². The van der Waals surface area contributed by atoms with Crippen LogP contribution in [0.3, 0.4) is 0 Å². The molecule has 0 unspecified atom stereocenters. The molecule has 1 aliphatic heterocycles. The van der Waals surface area contributed by atoms with Crippen LogP contribution in [0.5, 0.6) is 0 Å². The maximum absolute atomic E-state index is 12.1. The van der Waals surface area contributed by atoms with Crippen molar-refractivity contribution in [2.45, 2.75) is 37.1 Å². The quantitative estimate of drug-likeness (QED) is 0.775. The highest BCUT2D eigenvalue weighted by Gasteiger charge is 2.24. The van der Waals surface area contributed by atoms with Crippen LogP contribution in [0.25, 0.3) is 0 Å². The van der Waals surface area contributed by atoms with Crippen LogP contribution >= 0.6 is 0 Å². The molecular formula is C16H24N2O3S. The van der Waals surface area contributed by atoms with Gasteiger partial charge in [0.1, 0.15) is 0 Å². The zero-order valence-corrected chi connectivity index (χ0v) is 13.7. The summed E-state index contributed by atoms with van der Waals surface area (Å²) in [5, 5.41) is 6.18. The maximum atomic E-state index is 12.1. The molecule has 2 N–H and O–H groups in total. The summed E-state index contributed by atoms with van der Waals surface area (Å²) in [5.41, 5.74) is 0. The minimum atomic E-state index is -3.25. The van der Waals surface area contributed by atoms with Gasteiger partial charge in [0.2, 0.25) is 5.91 Å². The monoisotopic (exact) mass is 324 g/mol. The van der Waals surface area contributed by atoms with Crippen molar-refractivity contribution >= 4 is 15.7 Å². The summed E-state index contributed by atoms with van der Waals surface area (Å²) in [4.78, 5) is 12.4. The molecule has 0 spiro atoms. The molecule has 0 bridgehead atoms. The van der Waals surface area contributed by atoms with E-state index in [1.165, 1.54) is 0 Å². The molecule has 0 aromatic heterocycles. The van der Waals surface area contributed by atoms with Gasteiger partial charge in [0.05, 0.1) is 10.6 Å². The standard InChI is InChI=1S/C16H24N2O3S/c1-13-12-14(8-10-17-13)16(19)18-9-5-11-22(20,21)15-6-3-2-4-7-15/h2-4,6-7,13-14,17H,5,8-12H2,1H3,(H,18,19)/t13-,14-/m0/s1. The first kappa shape index (κ1) is 17.0. The summed E-state index contributed by atoms with van der Waals surface area (Å²) in [6.45, 7) is 3.34. The average Bonchev–Trinajstić information content (AvgIpc) is 2.52. The molecule has 0 saturated carbocycles.